The summed E-state index contributed by atoms with van der Waals surface area (Å²) in [7, 11) is 2.16. The second kappa shape index (κ2) is 6.57. The highest BCUT2D eigenvalue weighted by Gasteiger charge is 2.39. The zero-order valence-electron chi connectivity index (χ0n) is 30.6. The summed E-state index contributed by atoms with van der Waals surface area (Å²) in [4.78, 5) is -0.0343. The van der Waals surface area contributed by atoms with Gasteiger partial charge >= 0.3 is 0 Å². The molecule has 0 amide bonds. The summed E-state index contributed by atoms with van der Waals surface area (Å²) < 4.78 is 154. The van der Waals surface area contributed by atoms with E-state index in [0.717, 1.165) is 14.2 Å². The van der Waals surface area contributed by atoms with Gasteiger partial charge in [0.25, 0.3) is 0 Å². The zero-order valence-corrected chi connectivity index (χ0v) is 13.6. The molecule has 0 radical (unpaired) electrons. The minimum absolute atomic E-state index is 0.0343. The summed E-state index contributed by atoms with van der Waals surface area (Å²) in [6.45, 7) is -13.9. The lowest BCUT2D eigenvalue weighted by molar-refractivity contribution is -0.0259. The summed E-state index contributed by atoms with van der Waals surface area (Å²) in [5.41, 5.74) is -4.94. The highest BCUT2D eigenvalue weighted by Crippen LogP contribution is 2.44. The van der Waals surface area contributed by atoms with E-state index in [1.807, 2.05) is 0 Å². The predicted octanol–water partition coefficient (Wildman–Crippen LogP) is 3.42. The number of piperidine rings is 1. The Morgan fingerprint density at radius 1 is 1.46 bits per heavy atom. The van der Waals surface area contributed by atoms with Gasteiger partial charge in [0.1, 0.15) is 0 Å². The van der Waals surface area contributed by atoms with E-state index in [1.165, 1.54) is 0 Å². The molecule has 24 heavy (non-hydrogen) atoms. The van der Waals surface area contributed by atoms with Gasteiger partial charge in [-0.1, -0.05) is 20.6 Å². The van der Waals surface area contributed by atoms with Crippen molar-refractivity contribution in [2.75, 3.05) is 27.2 Å². The van der Waals surface area contributed by atoms with Gasteiger partial charge in [-0.3, -0.25) is 4.90 Å². The first kappa shape index (κ1) is 6.17. The van der Waals surface area contributed by atoms with Crippen LogP contribution in [0.2, 0.25) is 0 Å². The predicted molar refractivity (Wildman–Crippen MR) is 95.7 cm³/mol. The van der Waals surface area contributed by atoms with Crippen molar-refractivity contribution >= 4 is 0 Å². The molecular formula is C20H31NO3. The van der Waals surface area contributed by atoms with E-state index in [0.29, 0.717) is 6.92 Å². The fourth-order valence-electron chi connectivity index (χ4n) is 2.64. The van der Waals surface area contributed by atoms with Crippen molar-refractivity contribution < 1.29 is 37.9 Å². The quantitative estimate of drug-likeness (QED) is 0.907. The van der Waals surface area contributed by atoms with Gasteiger partial charge in [-0.05, 0) is 53.7 Å². The Bertz CT molecular complexity index is 1210. The van der Waals surface area contributed by atoms with E-state index >= 15 is 0 Å². The van der Waals surface area contributed by atoms with Gasteiger partial charge in [-0.2, -0.15) is 0 Å². The molecule has 2 aliphatic rings. The van der Waals surface area contributed by atoms with E-state index in [4.69, 9.17) is 31.4 Å². The van der Waals surface area contributed by atoms with Crippen molar-refractivity contribution in [3.63, 3.8) is 0 Å². The number of benzene rings is 1. The van der Waals surface area contributed by atoms with Crippen molar-refractivity contribution in [2.45, 2.75) is 51.9 Å². The van der Waals surface area contributed by atoms with Gasteiger partial charge in [0, 0.05) is 38.2 Å². The molecule has 4 nitrogen and oxygen atoms in total. The summed E-state index contributed by atoms with van der Waals surface area (Å²) in [5.74, 6) is -3.59. The fraction of sp³-hybridized carbons (Fsp3) is 0.700. The van der Waals surface area contributed by atoms with Crippen LogP contribution in [0.5, 0.6) is 11.5 Å². The monoisotopic (exact) mass is 350 g/mol. The van der Waals surface area contributed by atoms with Crippen molar-refractivity contribution in [3.8, 4) is 11.5 Å². The number of hydrogen-bond acceptors (Lipinski definition) is 4. The van der Waals surface area contributed by atoms with Crippen LogP contribution in [0.25, 0.3) is 0 Å². The van der Waals surface area contributed by atoms with Crippen LogP contribution in [-0.4, -0.2) is 43.3 Å². The third kappa shape index (κ3) is 3.40. The van der Waals surface area contributed by atoms with Gasteiger partial charge in [-0.25, -0.2) is 0 Å². The van der Waals surface area contributed by atoms with Crippen LogP contribution in [0.1, 0.15) is 73.9 Å². The van der Waals surface area contributed by atoms with Crippen LogP contribution in [0.15, 0.2) is 12.1 Å². The molecule has 3 rings (SSSR count). The smallest absolute Gasteiger partial charge is 0.161 e. The van der Waals surface area contributed by atoms with Gasteiger partial charge in [0.15, 0.2) is 11.5 Å². The lowest BCUT2D eigenvalue weighted by Crippen LogP contribution is -2.48. The standard InChI is InChI=1S/C20H31NO3/c1-20(2,3)11-14-12-21-7-6-13-8-18(23-4)19(24-5)9-15(13)16(21)10-17(14)22/h8-9,14,16-17,22H,6-7,10-12H2,1-5H3/i1D3,2D3,6D2,7D2,8D,9D,11D2,12D2,16D. The maximum absolute atomic E-state index is 11.3. The highest BCUT2D eigenvalue weighted by molar-refractivity contribution is 5.49. The Morgan fingerprint density at radius 3 is 2.83 bits per heavy atom. The Labute approximate surface area is 169 Å². The van der Waals surface area contributed by atoms with Crippen molar-refractivity contribution in [3.05, 3.63) is 23.2 Å². The molecule has 3 unspecified atom stereocenters. The Kier molecular flexibility index (Phi) is 1.69. The molecule has 2 aliphatic heterocycles. The molecule has 0 bridgehead atoms. The minimum Gasteiger partial charge on any atom is -0.493 e. The maximum Gasteiger partial charge on any atom is 0.161 e. The highest BCUT2D eigenvalue weighted by atomic mass is 16.5. The van der Waals surface area contributed by atoms with Crippen LogP contribution >= 0.6 is 0 Å². The van der Waals surface area contributed by atoms with Crippen LogP contribution in [0.4, 0.5) is 0 Å². The molecule has 0 saturated carbocycles. The van der Waals surface area contributed by atoms with Crippen molar-refractivity contribution in [1.29, 1.82) is 0 Å². The fourth-order valence-corrected chi connectivity index (χ4v) is 2.64. The average molecular weight is 351 g/mol. The first-order chi connectivity index (χ1) is 18.1. The Balaban J connectivity index is 2.48. The van der Waals surface area contributed by atoms with Crippen LogP contribution in [0.3, 0.4) is 0 Å². The first-order valence-corrected chi connectivity index (χ1v) is 7.33. The second-order valence-corrected chi connectivity index (χ2v) is 5.73. The molecule has 1 aromatic rings. The van der Waals surface area contributed by atoms with Gasteiger partial charge < -0.3 is 14.6 Å². The molecule has 2 heterocycles. The topological polar surface area (TPSA) is 41.9 Å². The van der Waals surface area contributed by atoms with Crippen LogP contribution < -0.4 is 9.47 Å². The molecule has 1 aromatic carbocycles. The number of aliphatic hydroxyl groups is 1. The van der Waals surface area contributed by atoms with E-state index in [-0.39, 0.29) is 4.90 Å². The molecule has 1 saturated heterocycles. The lowest BCUT2D eigenvalue weighted by Gasteiger charge is -2.47. The molecule has 1 N–H and O–H groups in total. The molecule has 0 aliphatic carbocycles. The Morgan fingerprint density at radius 2 is 2.17 bits per heavy atom. The van der Waals surface area contributed by atoms with E-state index in [2.05, 4.69) is 0 Å². The third-order valence-corrected chi connectivity index (χ3v) is 3.69. The first-order valence-electron chi connectivity index (χ1n) is 15.8. The van der Waals surface area contributed by atoms with E-state index in [9.17, 15) is 6.48 Å². The van der Waals surface area contributed by atoms with Gasteiger partial charge in [-0.15, -0.1) is 0 Å². The molecule has 1 fully saturated rings. The van der Waals surface area contributed by atoms with Crippen LogP contribution in [-0.2, 0) is 6.37 Å². The molecular weight excluding hydrogens is 302 g/mol. The van der Waals surface area contributed by atoms with E-state index in [1.54, 1.807) is 0 Å². The van der Waals surface area contributed by atoms with Gasteiger partial charge in [0.05, 0.1) is 24.4 Å². The number of aliphatic hydroxyl groups excluding tert-OH is 1. The average Bonchev–Trinajstić information content (AvgIpc) is 2.74. The molecule has 3 atom stereocenters. The maximum atomic E-state index is 11.3. The number of hydrogen-bond donors (Lipinski definition) is 1. The van der Waals surface area contributed by atoms with E-state index < -0.39 is 104 Å². The van der Waals surface area contributed by atoms with Gasteiger partial charge in [0.2, 0.25) is 0 Å². The normalized spacial score (nSPS) is 48.8. The number of fused-ring (bicyclic) bond motifs is 3. The van der Waals surface area contributed by atoms with Crippen molar-refractivity contribution in [1.82, 2.24) is 4.90 Å². The Hall–Kier alpha value is -1.26. The number of ether oxygens (including phenoxy) is 2. The minimum atomic E-state index is -3.66. The second-order valence-electron chi connectivity index (χ2n) is 5.73. The molecule has 0 spiro atoms. The van der Waals surface area contributed by atoms with Crippen molar-refractivity contribution in [2.24, 2.45) is 11.3 Å². The summed E-state index contributed by atoms with van der Waals surface area (Å²) in [5, 5.41) is 11.3. The molecule has 4 heteroatoms. The summed E-state index contributed by atoms with van der Waals surface area (Å²) in [6.07, 6.45) is -10.5. The number of nitrogens with zero attached hydrogens (tertiary/aromatic N) is 1. The largest absolute Gasteiger partial charge is 0.493 e. The SMILES string of the molecule is [2H]c1c(OC)c(OC)c([2H])c2c1C1([2H])CC(O)C(C([2H])([2H])C(C)(C([2H])([2H])[2H])C([2H])([2H])[2H])C([2H])([2H])N1C([2H])([2H])C2([2H])[2H]. The number of rotatable bonds is 3. The van der Waals surface area contributed by atoms with Crippen LogP contribution in [0, 0.1) is 11.3 Å². The summed E-state index contributed by atoms with van der Waals surface area (Å²) >= 11 is 0. The molecule has 134 valence electrons. The molecule has 0 aromatic heterocycles. The third-order valence-electron chi connectivity index (χ3n) is 3.69. The summed E-state index contributed by atoms with van der Waals surface area (Å²) in [6, 6.07) is -4.49. The lowest BCUT2D eigenvalue weighted by atomic mass is 9.75. The zero-order chi connectivity index (χ0) is 32.3. The number of methoxy groups -OCH3 is 2.